The Labute approximate surface area is 124 Å². The topological polar surface area (TPSA) is 113 Å². The van der Waals surface area contributed by atoms with Crippen molar-refractivity contribution in [2.24, 2.45) is 17.1 Å². The number of amides is 3. The minimum Gasteiger partial charge on any atom is -0.480 e. The van der Waals surface area contributed by atoms with Crippen molar-refractivity contribution in [2.45, 2.75) is 46.1 Å². The Morgan fingerprint density at radius 1 is 1.29 bits per heavy atom. The van der Waals surface area contributed by atoms with E-state index >= 15 is 0 Å². The Kier molecular flexibility index (Phi) is 5.57. The van der Waals surface area contributed by atoms with Gasteiger partial charge in [0.2, 0.25) is 5.91 Å². The third-order valence-electron chi connectivity index (χ3n) is 4.01. The number of likely N-dealkylation sites (tertiary alicyclic amines) is 1. The second-order valence-corrected chi connectivity index (χ2v) is 6.64. The first-order valence-corrected chi connectivity index (χ1v) is 7.18. The van der Waals surface area contributed by atoms with E-state index in [0.717, 1.165) is 12.8 Å². The third kappa shape index (κ3) is 5.24. The Balaban J connectivity index is 2.53. The zero-order chi connectivity index (χ0) is 16.2. The van der Waals surface area contributed by atoms with E-state index < -0.39 is 30.4 Å². The molecule has 1 atom stereocenters. The number of nitrogens with zero attached hydrogens (tertiary/aromatic N) is 1. The third-order valence-corrected chi connectivity index (χ3v) is 4.01. The molecular formula is C14H25N3O4. The quantitative estimate of drug-likeness (QED) is 0.712. The van der Waals surface area contributed by atoms with Crippen LogP contribution >= 0.6 is 0 Å². The molecule has 4 N–H and O–H groups in total. The monoisotopic (exact) mass is 299 g/mol. The van der Waals surface area contributed by atoms with Gasteiger partial charge in [0.25, 0.3) is 0 Å². The molecule has 7 heteroatoms. The summed E-state index contributed by atoms with van der Waals surface area (Å²) in [6.45, 7) is 7.73. The maximum Gasteiger partial charge on any atom is 0.326 e. The minimum atomic E-state index is -1.27. The highest BCUT2D eigenvalue weighted by Gasteiger charge is 2.31. The number of nitrogens with two attached hydrogens (primary N) is 1. The number of hydrogen-bond acceptors (Lipinski definition) is 3. The minimum absolute atomic E-state index is 0.206. The van der Waals surface area contributed by atoms with Crippen LogP contribution in [0.1, 0.15) is 40.0 Å². The van der Waals surface area contributed by atoms with Gasteiger partial charge in [-0.05, 0) is 24.2 Å². The van der Waals surface area contributed by atoms with Crippen molar-refractivity contribution in [1.29, 1.82) is 0 Å². The number of nitrogens with one attached hydrogen (secondary N) is 1. The van der Waals surface area contributed by atoms with Crippen LogP contribution in [0.3, 0.4) is 0 Å². The largest absolute Gasteiger partial charge is 0.480 e. The summed E-state index contributed by atoms with van der Waals surface area (Å²) in [5.41, 5.74) is 5.19. The van der Waals surface area contributed by atoms with Gasteiger partial charge in [-0.25, -0.2) is 9.59 Å². The number of primary amides is 1. The molecule has 1 rings (SSSR count). The number of urea groups is 1. The summed E-state index contributed by atoms with van der Waals surface area (Å²) in [4.78, 5) is 35.5. The van der Waals surface area contributed by atoms with Crippen LogP contribution < -0.4 is 11.1 Å². The van der Waals surface area contributed by atoms with Crippen molar-refractivity contribution >= 4 is 17.9 Å². The number of piperidine rings is 1. The lowest BCUT2D eigenvalue weighted by Crippen LogP contribution is -2.51. The van der Waals surface area contributed by atoms with Crippen molar-refractivity contribution in [3.05, 3.63) is 0 Å². The lowest BCUT2D eigenvalue weighted by atomic mass is 9.75. The first-order valence-electron chi connectivity index (χ1n) is 7.18. The fraction of sp³-hybridized carbons (Fsp3) is 0.786. The molecule has 1 aliphatic rings. The lowest BCUT2D eigenvalue weighted by Gasteiger charge is -2.39. The van der Waals surface area contributed by atoms with Gasteiger partial charge in [-0.15, -0.1) is 0 Å². The van der Waals surface area contributed by atoms with Crippen LogP contribution in [-0.4, -0.2) is 47.0 Å². The normalized spacial score (nSPS) is 18.1. The standard InChI is InChI=1S/C14H25N3O4/c1-14(2,3)9-4-6-17(7-5-9)13(21)16-10(12(19)20)8-11(15)18/h9-10H,4-8H2,1-3H3,(H2,15,18)(H,16,21)(H,19,20)/t10-/m0/s1. The highest BCUT2D eigenvalue weighted by molar-refractivity contribution is 5.87. The number of carboxylic acids is 1. The SMILES string of the molecule is CC(C)(C)C1CCN(C(=O)N[C@@H](CC(N)=O)C(=O)O)CC1. The van der Waals surface area contributed by atoms with Crippen LogP contribution in [0.2, 0.25) is 0 Å². The van der Waals surface area contributed by atoms with Crippen molar-refractivity contribution in [3.63, 3.8) is 0 Å². The average molecular weight is 299 g/mol. The summed E-state index contributed by atoms with van der Waals surface area (Å²) in [5.74, 6) is -1.47. The highest BCUT2D eigenvalue weighted by Crippen LogP contribution is 2.34. The molecule has 0 aromatic rings. The van der Waals surface area contributed by atoms with E-state index in [1.54, 1.807) is 4.90 Å². The summed E-state index contributed by atoms with van der Waals surface area (Å²) < 4.78 is 0. The number of rotatable bonds is 4. The number of aliphatic carboxylic acids is 1. The summed E-state index contributed by atoms with van der Waals surface area (Å²) >= 11 is 0. The predicted octanol–water partition coefficient (Wildman–Crippen LogP) is 0.783. The van der Waals surface area contributed by atoms with Crippen LogP contribution in [0, 0.1) is 11.3 Å². The molecule has 3 amide bonds. The van der Waals surface area contributed by atoms with Gasteiger partial charge in [0, 0.05) is 13.1 Å². The fourth-order valence-corrected chi connectivity index (χ4v) is 2.59. The van der Waals surface area contributed by atoms with E-state index in [4.69, 9.17) is 10.8 Å². The molecule has 120 valence electrons. The van der Waals surface area contributed by atoms with Gasteiger partial charge in [-0.3, -0.25) is 4.79 Å². The van der Waals surface area contributed by atoms with Gasteiger partial charge in [0.1, 0.15) is 6.04 Å². The van der Waals surface area contributed by atoms with E-state index in [2.05, 4.69) is 26.1 Å². The molecule has 0 saturated carbocycles. The molecule has 0 spiro atoms. The van der Waals surface area contributed by atoms with E-state index in [1.807, 2.05) is 0 Å². The molecule has 1 aliphatic heterocycles. The summed E-state index contributed by atoms with van der Waals surface area (Å²) in [7, 11) is 0. The summed E-state index contributed by atoms with van der Waals surface area (Å²) in [5, 5.41) is 11.3. The zero-order valence-corrected chi connectivity index (χ0v) is 12.9. The smallest absolute Gasteiger partial charge is 0.326 e. The maximum atomic E-state index is 12.1. The molecule has 0 aliphatic carbocycles. The molecule has 0 bridgehead atoms. The molecule has 0 aromatic heterocycles. The molecule has 21 heavy (non-hydrogen) atoms. The van der Waals surface area contributed by atoms with Gasteiger partial charge < -0.3 is 21.1 Å². The summed E-state index contributed by atoms with van der Waals surface area (Å²) in [6.07, 6.45) is 1.38. The lowest BCUT2D eigenvalue weighted by molar-refractivity contribution is -0.141. The highest BCUT2D eigenvalue weighted by atomic mass is 16.4. The van der Waals surface area contributed by atoms with E-state index in [-0.39, 0.29) is 5.41 Å². The molecular weight excluding hydrogens is 274 g/mol. The van der Waals surface area contributed by atoms with Crippen LogP contribution in [0.15, 0.2) is 0 Å². The van der Waals surface area contributed by atoms with E-state index in [9.17, 15) is 14.4 Å². The van der Waals surface area contributed by atoms with Crippen LogP contribution in [-0.2, 0) is 9.59 Å². The Hall–Kier alpha value is -1.79. The van der Waals surface area contributed by atoms with Crippen molar-refractivity contribution in [3.8, 4) is 0 Å². The second kappa shape index (κ2) is 6.78. The zero-order valence-electron chi connectivity index (χ0n) is 12.9. The van der Waals surface area contributed by atoms with Crippen LogP contribution in [0.5, 0.6) is 0 Å². The number of hydrogen-bond donors (Lipinski definition) is 3. The van der Waals surface area contributed by atoms with Crippen molar-refractivity contribution in [1.82, 2.24) is 10.2 Å². The first-order chi connectivity index (χ1) is 9.61. The van der Waals surface area contributed by atoms with Gasteiger partial charge in [-0.2, -0.15) is 0 Å². The molecule has 0 radical (unpaired) electrons. The van der Waals surface area contributed by atoms with Gasteiger partial charge in [0.15, 0.2) is 0 Å². The fourth-order valence-electron chi connectivity index (χ4n) is 2.59. The van der Waals surface area contributed by atoms with Crippen LogP contribution in [0.4, 0.5) is 4.79 Å². The number of carbonyl (C=O) groups is 3. The number of carboxylic acid groups (broad SMARTS) is 1. The molecule has 1 heterocycles. The van der Waals surface area contributed by atoms with E-state index in [1.165, 1.54) is 0 Å². The van der Waals surface area contributed by atoms with Gasteiger partial charge in [0.05, 0.1) is 6.42 Å². The Bertz CT molecular complexity index is 409. The average Bonchev–Trinajstić information content (AvgIpc) is 2.36. The molecule has 0 aromatic carbocycles. The maximum absolute atomic E-state index is 12.1. The first kappa shape index (κ1) is 17.3. The van der Waals surface area contributed by atoms with E-state index in [0.29, 0.717) is 19.0 Å². The second-order valence-electron chi connectivity index (χ2n) is 6.64. The van der Waals surface area contributed by atoms with Crippen molar-refractivity contribution < 1.29 is 19.5 Å². The predicted molar refractivity (Wildman–Crippen MR) is 77.5 cm³/mol. The number of carbonyl (C=O) groups excluding carboxylic acids is 2. The van der Waals surface area contributed by atoms with Gasteiger partial charge >= 0.3 is 12.0 Å². The van der Waals surface area contributed by atoms with Crippen LogP contribution in [0.25, 0.3) is 0 Å². The molecule has 1 fully saturated rings. The Morgan fingerprint density at radius 2 is 1.81 bits per heavy atom. The Morgan fingerprint density at radius 3 is 2.19 bits per heavy atom. The summed E-state index contributed by atoms with van der Waals surface area (Å²) in [6, 6.07) is -1.72. The molecule has 0 unspecified atom stereocenters. The van der Waals surface area contributed by atoms with Crippen molar-refractivity contribution in [2.75, 3.05) is 13.1 Å². The molecule has 1 saturated heterocycles. The van der Waals surface area contributed by atoms with Gasteiger partial charge in [-0.1, -0.05) is 20.8 Å². The molecule has 7 nitrogen and oxygen atoms in total.